The Kier molecular flexibility index (Phi) is 3.27. The number of carbonyl (C=O) groups is 1. The van der Waals surface area contributed by atoms with Crippen molar-refractivity contribution in [3.05, 3.63) is 41.2 Å². The van der Waals surface area contributed by atoms with E-state index in [4.69, 9.17) is 17.3 Å². The lowest BCUT2D eigenvalue weighted by Gasteiger charge is -2.01. The predicted molar refractivity (Wildman–Crippen MR) is 67.4 cm³/mol. The van der Waals surface area contributed by atoms with E-state index in [-0.39, 0.29) is 6.42 Å². The summed E-state index contributed by atoms with van der Waals surface area (Å²) in [7, 11) is 0. The molecule has 0 saturated heterocycles. The number of fused-ring (bicyclic) bond motifs is 1. The third-order valence-corrected chi connectivity index (χ3v) is 2.53. The highest BCUT2D eigenvalue weighted by atomic mass is 35.5. The number of halogens is 1. The molecule has 0 spiro atoms. The van der Waals surface area contributed by atoms with Crippen molar-refractivity contribution in [1.82, 2.24) is 4.98 Å². The van der Waals surface area contributed by atoms with Gasteiger partial charge in [-0.1, -0.05) is 47.7 Å². The fraction of sp³-hybridized carbons (Fsp3) is 0.0769. The fourth-order valence-electron chi connectivity index (χ4n) is 1.48. The first-order chi connectivity index (χ1) is 8.18. The maximum absolute atomic E-state index is 10.6. The van der Waals surface area contributed by atoms with Gasteiger partial charge in [-0.05, 0) is 0 Å². The Balaban J connectivity index is 2.51. The smallest absolute Gasteiger partial charge is 0.229 e. The zero-order valence-electron chi connectivity index (χ0n) is 8.90. The van der Waals surface area contributed by atoms with Gasteiger partial charge in [-0.25, -0.2) is 4.98 Å². The Morgan fingerprint density at radius 2 is 2.06 bits per heavy atom. The molecule has 0 aliphatic carbocycles. The average molecular weight is 245 g/mol. The standard InChI is InChI=1S/C13H9ClN2O/c14-13-11-6-2-1-5-10(11)9(8-16-13)4-3-7-12(15)17/h1-2,5-6,8H,7H2,(H2,15,17). The predicted octanol–water partition coefficient (Wildman–Crippen LogP) is 2.12. The lowest BCUT2D eigenvalue weighted by atomic mass is 10.1. The van der Waals surface area contributed by atoms with Crippen LogP contribution in [0.1, 0.15) is 12.0 Å². The van der Waals surface area contributed by atoms with Crippen LogP contribution < -0.4 is 5.73 Å². The van der Waals surface area contributed by atoms with Crippen molar-refractivity contribution in [2.24, 2.45) is 5.73 Å². The van der Waals surface area contributed by atoms with E-state index in [1.165, 1.54) is 0 Å². The van der Waals surface area contributed by atoms with Crippen LogP contribution in [0.5, 0.6) is 0 Å². The van der Waals surface area contributed by atoms with Crippen LogP contribution in [-0.2, 0) is 4.79 Å². The van der Waals surface area contributed by atoms with Gasteiger partial charge in [0.15, 0.2) is 0 Å². The van der Waals surface area contributed by atoms with Gasteiger partial charge in [0, 0.05) is 17.0 Å². The van der Waals surface area contributed by atoms with Crippen molar-refractivity contribution in [1.29, 1.82) is 0 Å². The molecule has 0 bridgehead atoms. The van der Waals surface area contributed by atoms with Crippen LogP contribution in [0.2, 0.25) is 5.15 Å². The summed E-state index contributed by atoms with van der Waals surface area (Å²) < 4.78 is 0. The minimum Gasteiger partial charge on any atom is -0.369 e. The first-order valence-electron chi connectivity index (χ1n) is 4.99. The maximum atomic E-state index is 10.6. The molecular formula is C13H9ClN2O. The molecule has 0 aliphatic heterocycles. The molecule has 2 N–H and O–H groups in total. The Morgan fingerprint density at radius 1 is 1.35 bits per heavy atom. The van der Waals surface area contributed by atoms with Gasteiger partial charge in [0.2, 0.25) is 5.91 Å². The fourth-order valence-corrected chi connectivity index (χ4v) is 1.70. The molecule has 0 saturated carbocycles. The van der Waals surface area contributed by atoms with Crippen molar-refractivity contribution in [3.8, 4) is 11.8 Å². The van der Waals surface area contributed by atoms with Crippen molar-refractivity contribution in [2.45, 2.75) is 6.42 Å². The van der Waals surface area contributed by atoms with Gasteiger partial charge in [-0.3, -0.25) is 4.79 Å². The van der Waals surface area contributed by atoms with E-state index in [0.29, 0.717) is 5.15 Å². The van der Waals surface area contributed by atoms with Crippen LogP contribution in [0.4, 0.5) is 0 Å². The molecule has 0 atom stereocenters. The van der Waals surface area contributed by atoms with E-state index in [1.54, 1.807) is 6.20 Å². The number of nitrogens with zero attached hydrogens (tertiary/aromatic N) is 1. The highest BCUT2D eigenvalue weighted by Crippen LogP contribution is 2.23. The molecule has 4 heteroatoms. The third kappa shape index (κ3) is 2.55. The van der Waals surface area contributed by atoms with Crippen molar-refractivity contribution < 1.29 is 4.79 Å². The van der Waals surface area contributed by atoms with Crippen molar-refractivity contribution >= 4 is 28.3 Å². The number of nitrogens with two attached hydrogens (primary N) is 1. The van der Waals surface area contributed by atoms with E-state index in [1.807, 2.05) is 24.3 Å². The average Bonchev–Trinajstić information content (AvgIpc) is 2.32. The van der Waals surface area contributed by atoms with Crippen LogP contribution in [0, 0.1) is 11.8 Å². The van der Waals surface area contributed by atoms with Crippen LogP contribution >= 0.6 is 11.6 Å². The molecule has 2 aromatic rings. The largest absolute Gasteiger partial charge is 0.369 e. The maximum Gasteiger partial charge on any atom is 0.229 e. The number of rotatable bonds is 1. The van der Waals surface area contributed by atoms with E-state index in [2.05, 4.69) is 16.8 Å². The van der Waals surface area contributed by atoms with Gasteiger partial charge >= 0.3 is 0 Å². The lowest BCUT2D eigenvalue weighted by Crippen LogP contribution is -2.08. The number of primary amides is 1. The summed E-state index contributed by atoms with van der Waals surface area (Å²) in [6.45, 7) is 0. The second-order valence-corrected chi connectivity index (χ2v) is 3.81. The van der Waals surface area contributed by atoms with Gasteiger partial charge < -0.3 is 5.73 Å². The van der Waals surface area contributed by atoms with Gasteiger partial charge in [0.25, 0.3) is 0 Å². The third-order valence-electron chi connectivity index (χ3n) is 2.23. The Morgan fingerprint density at radius 3 is 2.76 bits per heavy atom. The number of amides is 1. The first-order valence-corrected chi connectivity index (χ1v) is 5.36. The van der Waals surface area contributed by atoms with Gasteiger partial charge in [0.05, 0.1) is 12.0 Å². The summed E-state index contributed by atoms with van der Waals surface area (Å²) in [5, 5.41) is 2.21. The number of hydrogen-bond acceptors (Lipinski definition) is 2. The molecule has 0 radical (unpaired) electrons. The Labute approximate surface area is 104 Å². The Hall–Kier alpha value is -2.05. The molecule has 84 valence electrons. The summed E-state index contributed by atoms with van der Waals surface area (Å²) in [6, 6.07) is 7.58. The SMILES string of the molecule is NC(=O)CC#Cc1cnc(Cl)c2ccccc12. The zero-order chi connectivity index (χ0) is 12.3. The Bertz CT molecular complexity index is 641. The first kappa shape index (κ1) is 11.4. The second-order valence-electron chi connectivity index (χ2n) is 3.45. The summed E-state index contributed by atoms with van der Waals surface area (Å²) in [4.78, 5) is 14.6. The molecule has 0 fully saturated rings. The summed E-state index contributed by atoms with van der Waals surface area (Å²) in [6.07, 6.45) is 1.63. The molecule has 1 amide bonds. The molecule has 0 aliphatic rings. The summed E-state index contributed by atoms with van der Waals surface area (Å²) >= 11 is 5.98. The number of aromatic nitrogens is 1. The topological polar surface area (TPSA) is 56.0 Å². The number of hydrogen-bond donors (Lipinski definition) is 1. The monoisotopic (exact) mass is 244 g/mol. The molecule has 2 rings (SSSR count). The molecular weight excluding hydrogens is 236 g/mol. The number of pyridine rings is 1. The molecule has 17 heavy (non-hydrogen) atoms. The molecule has 0 unspecified atom stereocenters. The van der Waals surface area contributed by atoms with Crippen LogP contribution in [-0.4, -0.2) is 10.9 Å². The van der Waals surface area contributed by atoms with Gasteiger partial charge in [-0.15, -0.1) is 0 Å². The zero-order valence-corrected chi connectivity index (χ0v) is 9.66. The quantitative estimate of drug-likeness (QED) is 0.617. The number of carbonyl (C=O) groups excluding carboxylic acids is 1. The van der Waals surface area contributed by atoms with Crippen LogP contribution in [0.25, 0.3) is 10.8 Å². The van der Waals surface area contributed by atoms with Crippen LogP contribution in [0.15, 0.2) is 30.5 Å². The van der Waals surface area contributed by atoms with Gasteiger partial charge in [0.1, 0.15) is 5.15 Å². The minimum absolute atomic E-state index is 0.0386. The molecule has 1 aromatic carbocycles. The minimum atomic E-state index is -0.441. The van der Waals surface area contributed by atoms with E-state index in [9.17, 15) is 4.79 Å². The summed E-state index contributed by atoms with van der Waals surface area (Å²) in [5.41, 5.74) is 5.76. The van der Waals surface area contributed by atoms with E-state index in [0.717, 1.165) is 16.3 Å². The van der Waals surface area contributed by atoms with Crippen molar-refractivity contribution in [3.63, 3.8) is 0 Å². The van der Waals surface area contributed by atoms with Gasteiger partial charge in [-0.2, -0.15) is 0 Å². The summed E-state index contributed by atoms with van der Waals surface area (Å²) in [5.74, 6) is 5.14. The highest BCUT2D eigenvalue weighted by molar-refractivity contribution is 6.34. The second kappa shape index (κ2) is 4.86. The van der Waals surface area contributed by atoms with Crippen LogP contribution in [0.3, 0.4) is 0 Å². The molecule has 3 nitrogen and oxygen atoms in total. The number of benzene rings is 1. The van der Waals surface area contributed by atoms with E-state index >= 15 is 0 Å². The van der Waals surface area contributed by atoms with E-state index < -0.39 is 5.91 Å². The highest BCUT2D eigenvalue weighted by Gasteiger charge is 2.02. The molecule has 1 heterocycles. The lowest BCUT2D eigenvalue weighted by molar-refractivity contribution is -0.117. The van der Waals surface area contributed by atoms with Crippen molar-refractivity contribution in [2.75, 3.05) is 0 Å². The normalized spacial score (nSPS) is 9.71. The molecule has 1 aromatic heterocycles.